The molecule has 0 bridgehead atoms. The number of aromatic carboxylic acids is 1. The standard InChI is InChI=1S/C25H27Cl2F3IN4O2/c1-14-17-12-16(27)13-19(21(17)33-24(34(14)4)35-9-7-25(2,3)8-10-35)22(31(28,29)30)32-20-6-5-15(26)11-18(20)23(36)37/h5-6,11-13,22,32H,1,7-10H2,2-4H3,(H,36,37)/q-1. The van der Waals surface area contributed by atoms with Gasteiger partial charge >= 0.3 is 231 Å². The third kappa shape index (κ3) is 5.80. The molecular formula is C25H27Cl2F3IN4O2-. The zero-order valence-electron chi connectivity index (χ0n) is 20.5. The van der Waals surface area contributed by atoms with Crippen LogP contribution >= 0.6 is 23.2 Å². The fraction of sp³-hybridized carbons (Fsp3) is 0.360. The number of carbonyl (C=O) groups is 1. The summed E-state index contributed by atoms with van der Waals surface area (Å²) in [5.74, 6) is -0.865. The van der Waals surface area contributed by atoms with Crippen LogP contribution in [0, 0.1) is 5.41 Å². The summed E-state index contributed by atoms with van der Waals surface area (Å²) in [7, 11) is 1.79. The van der Waals surface area contributed by atoms with Crippen LogP contribution in [0.4, 0.5) is 20.0 Å². The molecule has 2 aliphatic rings. The first-order valence-electron chi connectivity index (χ1n) is 11.4. The van der Waals surface area contributed by atoms with E-state index in [9.17, 15) is 18.5 Å². The van der Waals surface area contributed by atoms with Gasteiger partial charge in [0.15, 0.2) is 0 Å². The van der Waals surface area contributed by atoms with E-state index in [4.69, 9.17) is 28.2 Å². The molecule has 2 N–H and O–H groups in total. The molecule has 2 heterocycles. The molecule has 4 rings (SSSR count). The van der Waals surface area contributed by atoms with Gasteiger partial charge in [-0.15, -0.1) is 0 Å². The molecule has 2 aromatic rings. The number of halogens is 6. The molecule has 0 saturated carbocycles. The van der Waals surface area contributed by atoms with Crippen LogP contribution in [0.3, 0.4) is 0 Å². The Labute approximate surface area is 230 Å². The predicted molar refractivity (Wildman–Crippen MR) is 138 cm³/mol. The van der Waals surface area contributed by atoms with Gasteiger partial charge in [-0.05, 0) is 0 Å². The number of piperidine rings is 1. The van der Waals surface area contributed by atoms with Crippen molar-refractivity contribution in [1.29, 1.82) is 0 Å². The third-order valence-corrected chi connectivity index (χ3v) is 9.59. The van der Waals surface area contributed by atoms with E-state index in [-0.39, 0.29) is 38.0 Å². The summed E-state index contributed by atoms with van der Waals surface area (Å²) in [6, 6.07) is 6.51. The van der Waals surface area contributed by atoms with Gasteiger partial charge in [0.1, 0.15) is 0 Å². The summed E-state index contributed by atoms with van der Waals surface area (Å²) in [6.45, 7) is 9.94. The van der Waals surface area contributed by atoms with Crippen LogP contribution in [-0.2, 0) is 0 Å². The van der Waals surface area contributed by atoms with Crippen molar-refractivity contribution in [3.63, 3.8) is 0 Å². The zero-order chi connectivity index (χ0) is 27.3. The van der Waals surface area contributed by atoms with Crippen LogP contribution in [-0.4, -0.2) is 47.0 Å². The number of fused-ring (bicyclic) bond motifs is 1. The Balaban J connectivity index is 1.84. The van der Waals surface area contributed by atoms with Crippen LogP contribution in [0.1, 0.15) is 52.2 Å². The normalized spacial score (nSPS) is 18.7. The van der Waals surface area contributed by atoms with Gasteiger partial charge < -0.3 is 0 Å². The molecular weight excluding hydrogens is 643 g/mol. The minimum absolute atomic E-state index is 0.103. The molecule has 0 aromatic heterocycles. The minimum atomic E-state index is -7.01. The summed E-state index contributed by atoms with van der Waals surface area (Å²) in [5.41, 5.74) is 0.500. The molecule has 37 heavy (non-hydrogen) atoms. The van der Waals surface area contributed by atoms with Gasteiger partial charge in [-0.25, -0.2) is 0 Å². The maximum atomic E-state index is 14.7. The summed E-state index contributed by atoms with van der Waals surface area (Å²) < 4.78 is 42.1. The van der Waals surface area contributed by atoms with Gasteiger partial charge in [0.05, 0.1) is 0 Å². The second kappa shape index (κ2) is 10.2. The Morgan fingerprint density at radius 3 is 2.41 bits per heavy atom. The zero-order valence-corrected chi connectivity index (χ0v) is 24.1. The number of rotatable bonds is 5. The Hall–Kier alpha value is -2.18. The van der Waals surface area contributed by atoms with Crippen LogP contribution in [0.25, 0.3) is 5.70 Å². The van der Waals surface area contributed by atoms with Crippen molar-refractivity contribution in [3.05, 3.63) is 63.6 Å². The van der Waals surface area contributed by atoms with Crippen molar-refractivity contribution in [2.45, 2.75) is 30.7 Å². The summed E-state index contributed by atoms with van der Waals surface area (Å²) in [6.07, 6.45) is 1.84. The molecule has 6 nitrogen and oxygen atoms in total. The number of benzene rings is 2. The van der Waals surface area contributed by atoms with Crippen LogP contribution in [0.15, 0.2) is 41.9 Å². The summed E-state index contributed by atoms with van der Waals surface area (Å²) in [4.78, 5) is 20.3. The summed E-state index contributed by atoms with van der Waals surface area (Å²) in [5, 5.41) is 12.2. The molecule has 0 radical (unpaired) electrons. The van der Waals surface area contributed by atoms with E-state index >= 15 is 0 Å². The monoisotopic (exact) mass is 669 g/mol. The molecule has 202 valence electrons. The molecule has 0 amide bonds. The van der Waals surface area contributed by atoms with E-state index in [1.54, 1.807) is 18.0 Å². The average molecular weight is 670 g/mol. The second-order valence-corrected chi connectivity index (χ2v) is 14.3. The first-order valence-corrected chi connectivity index (χ1v) is 15.9. The quantitative estimate of drug-likeness (QED) is 0.276. The van der Waals surface area contributed by atoms with Crippen molar-refractivity contribution >= 4 is 52.2 Å². The van der Waals surface area contributed by atoms with Crippen molar-refractivity contribution in [3.8, 4) is 0 Å². The van der Waals surface area contributed by atoms with Crippen LogP contribution in [0.2, 0.25) is 10.0 Å². The number of nitrogens with zero attached hydrogens (tertiary/aromatic N) is 3. The van der Waals surface area contributed by atoms with E-state index in [2.05, 4.69) is 30.6 Å². The van der Waals surface area contributed by atoms with E-state index in [1.165, 1.54) is 18.2 Å². The number of likely N-dealkylation sites (tertiary alicyclic amines) is 1. The van der Waals surface area contributed by atoms with Gasteiger partial charge in [0, 0.05) is 0 Å². The van der Waals surface area contributed by atoms with Crippen molar-refractivity contribution in [1.82, 2.24) is 9.80 Å². The Kier molecular flexibility index (Phi) is 7.66. The molecule has 0 aliphatic carbocycles. The molecule has 1 unspecified atom stereocenters. The number of guanidine groups is 1. The number of anilines is 1. The topological polar surface area (TPSA) is 68.2 Å². The molecule has 1 fully saturated rings. The number of hydrogen-bond donors (Lipinski definition) is 2. The maximum absolute atomic E-state index is 14.7. The molecule has 12 heteroatoms. The third-order valence-electron chi connectivity index (χ3n) is 6.75. The van der Waals surface area contributed by atoms with Crippen molar-refractivity contribution < 1.29 is 38.6 Å². The van der Waals surface area contributed by atoms with Crippen molar-refractivity contribution in [2.24, 2.45) is 10.4 Å². The fourth-order valence-corrected chi connectivity index (χ4v) is 6.78. The van der Waals surface area contributed by atoms with Crippen molar-refractivity contribution in [2.75, 3.05) is 25.5 Å². The number of aliphatic imine (C=N–C) groups is 1. The number of nitrogens with one attached hydrogen (secondary N) is 1. The second-order valence-electron chi connectivity index (χ2n) is 9.87. The summed E-state index contributed by atoms with van der Waals surface area (Å²) >= 11 is 5.20. The first-order chi connectivity index (χ1) is 17.2. The Morgan fingerprint density at radius 2 is 1.81 bits per heavy atom. The Bertz CT molecular complexity index is 1290. The first kappa shape index (κ1) is 27.8. The fourth-order valence-electron chi connectivity index (χ4n) is 4.46. The van der Waals surface area contributed by atoms with Crippen LogP contribution < -0.4 is 25.5 Å². The number of hydrogen-bond acceptors (Lipinski definition) is 5. The van der Waals surface area contributed by atoms with Gasteiger partial charge in [-0.2, -0.15) is 0 Å². The number of alkyl halides is 1. The molecule has 1 saturated heterocycles. The SMILES string of the molecule is C=C1c2cc(Cl)cc(C(Nc3ccc(Cl)cc3C(=O)O)[I-](F)(F)F)c2N=C(N2CCC(C)(C)CC2)N1C. The van der Waals surface area contributed by atoms with Gasteiger partial charge in [-0.1, -0.05) is 0 Å². The average Bonchev–Trinajstić information content (AvgIpc) is 2.80. The van der Waals surface area contributed by atoms with Gasteiger partial charge in [0.2, 0.25) is 0 Å². The van der Waals surface area contributed by atoms with Gasteiger partial charge in [0.25, 0.3) is 0 Å². The van der Waals surface area contributed by atoms with E-state index < -0.39 is 30.2 Å². The molecule has 2 aliphatic heterocycles. The predicted octanol–water partition coefficient (Wildman–Crippen LogP) is 4.64. The molecule has 1 atom stereocenters. The molecule has 2 aromatic carbocycles. The molecule has 0 spiro atoms. The van der Waals surface area contributed by atoms with Crippen LogP contribution in [0.5, 0.6) is 0 Å². The number of carboxylic acid groups (broad SMARTS) is 1. The van der Waals surface area contributed by atoms with E-state index in [0.29, 0.717) is 30.3 Å². The number of carboxylic acids is 1. The van der Waals surface area contributed by atoms with Gasteiger partial charge in [-0.3, -0.25) is 0 Å². The Morgan fingerprint density at radius 1 is 1.16 bits per heavy atom. The van der Waals surface area contributed by atoms with E-state index in [0.717, 1.165) is 18.9 Å². The van der Waals surface area contributed by atoms with E-state index in [1.807, 2.05) is 0 Å².